The quantitative estimate of drug-likeness (QED) is 0.333. The summed E-state index contributed by atoms with van der Waals surface area (Å²) in [7, 11) is 0. The number of nitrogens with one attached hydrogen (secondary N) is 3. The monoisotopic (exact) mass is 445 g/mol. The van der Waals surface area contributed by atoms with Crippen molar-refractivity contribution in [1.29, 1.82) is 0 Å². The van der Waals surface area contributed by atoms with Crippen LogP contribution in [0.3, 0.4) is 0 Å². The highest BCUT2D eigenvalue weighted by atomic mass is 16.2. The first-order valence-corrected chi connectivity index (χ1v) is 10.9. The van der Waals surface area contributed by atoms with Crippen LogP contribution in [0.4, 0.5) is 0 Å². The lowest BCUT2D eigenvalue weighted by molar-refractivity contribution is 0.0946. The second kappa shape index (κ2) is 7.97. The second-order valence-corrected chi connectivity index (χ2v) is 8.07. The molecule has 3 N–H and O–H groups in total. The van der Waals surface area contributed by atoms with Gasteiger partial charge < -0.3 is 15.3 Å². The molecule has 0 atom stereocenters. The maximum Gasteiger partial charge on any atom is 0.270 e. The fraction of sp³-hybridized carbons (Fsp3) is 0.0370. The van der Waals surface area contributed by atoms with Gasteiger partial charge in [0.2, 0.25) is 5.78 Å². The van der Waals surface area contributed by atoms with Gasteiger partial charge in [0.25, 0.3) is 5.91 Å². The number of aromatic amines is 2. The van der Waals surface area contributed by atoms with Gasteiger partial charge in [-0.1, -0.05) is 42.5 Å². The smallest absolute Gasteiger partial charge is 0.270 e. The SMILES string of the molecule is O=C(NCc1cccnc1)c1cc2c([nH]c3ccccc32)c(C(=O)c2c[nH]c3ccccc23)n1. The fourth-order valence-electron chi connectivity index (χ4n) is 4.29. The number of carbonyl (C=O) groups excluding carboxylic acids is 2. The number of ketones is 1. The lowest BCUT2D eigenvalue weighted by Crippen LogP contribution is -2.24. The molecule has 1 amide bonds. The summed E-state index contributed by atoms with van der Waals surface area (Å²) in [6.07, 6.45) is 5.07. The second-order valence-electron chi connectivity index (χ2n) is 8.07. The van der Waals surface area contributed by atoms with Gasteiger partial charge in [-0.05, 0) is 29.8 Å². The number of hydrogen-bond donors (Lipinski definition) is 3. The number of rotatable bonds is 5. The van der Waals surface area contributed by atoms with Crippen LogP contribution in [0.25, 0.3) is 32.7 Å². The van der Waals surface area contributed by atoms with E-state index in [9.17, 15) is 9.59 Å². The highest BCUT2D eigenvalue weighted by molar-refractivity contribution is 6.23. The summed E-state index contributed by atoms with van der Waals surface area (Å²) < 4.78 is 0. The predicted octanol–water partition coefficient (Wildman–Crippen LogP) is 4.75. The van der Waals surface area contributed by atoms with Gasteiger partial charge in [-0.15, -0.1) is 0 Å². The van der Waals surface area contributed by atoms with E-state index in [1.165, 1.54) is 0 Å². The van der Waals surface area contributed by atoms with Crippen LogP contribution in [-0.2, 0) is 6.54 Å². The van der Waals surface area contributed by atoms with Gasteiger partial charge in [-0.3, -0.25) is 14.6 Å². The van der Waals surface area contributed by atoms with Crippen molar-refractivity contribution >= 4 is 44.4 Å². The molecule has 0 bridgehead atoms. The highest BCUT2D eigenvalue weighted by Gasteiger charge is 2.23. The zero-order valence-corrected chi connectivity index (χ0v) is 18.0. The third-order valence-electron chi connectivity index (χ3n) is 5.95. The van der Waals surface area contributed by atoms with Crippen LogP contribution >= 0.6 is 0 Å². The Bertz CT molecular complexity index is 1700. The maximum absolute atomic E-state index is 13.7. The van der Waals surface area contributed by atoms with E-state index in [-0.39, 0.29) is 23.1 Å². The number of nitrogens with zero attached hydrogens (tertiary/aromatic N) is 2. The summed E-state index contributed by atoms with van der Waals surface area (Å²) in [4.78, 5) is 41.9. The number of hydrogen-bond acceptors (Lipinski definition) is 4. The molecule has 0 aliphatic heterocycles. The van der Waals surface area contributed by atoms with E-state index >= 15 is 0 Å². The van der Waals surface area contributed by atoms with Crippen LogP contribution in [-0.4, -0.2) is 31.6 Å². The Labute approximate surface area is 193 Å². The lowest BCUT2D eigenvalue weighted by Gasteiger charge is -2.08. The van der Waals surface area contributed by atoms with Gasteiger partial charge in [0.1, 0.15) is 11.4 Å². The number of carbonyl (C=O) groups is 2. The molecule has 0 aliphatic carbocycles. The number of H-pyrrole nitrogens is 2. The molecule has 7 heteroatoms. The molecule has 0 saturated carbocycles. The van der Waals surface area contributed by atoms with Crippen LogP contribution in [0.2, 0.25) is 0 Å². The van der Waals surface area contributed by atoms with E-state index in [0.29, 0.717) is 17.6 Å². The molecule has 0 unspecified atom stereocenters. The topological polar surface area (TPSA) is 104 Å². The minimum Gasteiger partial charge on any atom is -0.360 e. The van der Waals surface area contributed by atoms with Crippen molar-refractivity contribution in [3.63, 3.8) is 0 Å². The van der Waals surface area contributed by atoms with E-state index in [1.807, 2.05) is 60.7 Å². The molecule has 6 rings (SSSR count). The van der Waals surface area contributed by atoms with Crippen molar-refractivity contribution in [2.45, 2.75) is 6.54 Å². The Balaban J connectivity index is 1.48. The third kappa shape index (κ3) is 3.31. The summed E-state index contributed by atoms with van der Waals surface area (Å²) in [6, 6.07) is 20.8. The maximum atomic E-state index is 13.7. The molecule has 164 valence electrons. The van der Waals surface area contributed by atoms with Gasteiger partial charge in [0.05, 0.1) is 5.52 Å². The Morgan fingerprint density at radius 3 is 2.50 bits per heavy atom. The molecule has 0 radical (unpaired) electrons. The molecule has 4 heterocycles. The van der Waals surface area contributed by atoms with E-state index in [0.717, 1.165) is 32.8 Å². The van der Waals surface area contributed by atoms with Gasteiger partial charge >= 0.3 is 0 Å². The van der Waals surface area contributed by atoms with E-state index in [1.54, 1.807) is 24.7 Å². The zero-order valence-electron chi connectivity index (χ0n) is 18.0. The van der Waals surface area contributed by atoms with Crippen molar-refractivity contribution in [2.24, 2.45) is 0 Å². The molecule has 7 nitrogen and oxygen atoms in total. The third-order valence-corrected chi connectivity index (χ3v) is 5.95. The largest absolute Gasteiger partial charge is 0.360 e. The van der Waals surface area contributed by atoms with E-state index < -0.39 is 0 Å². The first-order chi connectivity index (χ1) is 16.7. The summed E-state index contributed by atoms with van der Waals surface area (Å²) in [6.45, 7) is 0.312. The van der Waals surface area contributed by atoms with Gasteiger partial charge in [0, 0.05) is 57.9 Å². The molecule has 2 aromatic carbocycles. The number of para-hydroxylation sites is 2. The van der Waals surface area contributed by atoms with Gasteiger partial charge in [0.15, 0.2) is 0 Å². The normalized spacial score (nSPS) is 11.3. The van der Waals surface area contributed by atoms with Crippen molar-refractivity contribution in [3.05, 3.63) is 108 Å². The van der Waals surface area contributed by atoms with Gasteiger partial charge in [-0.25, -0.2) is 4.98 Å². The first-order valence-electron chi connectivity index (χ1n) is 10.9. The molecular formula is C27H19N5O2. The molecule has 4 aromatic heterocycles. The molecule has 0 saturated heterocycles. The number of fused-ring (bicyclic) bond motifs is 4. The Morgan fingerprint density at radius 1 is 0.882 bits per heavy atom. The zero-order chi connectivity index (χ0) is 23.1. The fourth-order valence-corrected chi connectivity index (χ4v) is 4.29. The minimum atomic E-state index is -0.357. The summed E-state index contributed by atoms with van der Waals surface area (Å²) >= 11 is 0. The van der Waals surface area contributed by atoms with Crippen molar-refractivity contribution in [2.75, 3.05) is 0 Å². The standard InChI is InChI=1S/C27H19N5O2/c33-26(20-15-29-21-9-3-1-8-18(20)21)25-24-19(17-7-2-4-10-22(17)31-24)12-23(32-25)27(34)30-14-16-6-5-11-28-13-16/h1-13,15,29,31H,14H2,(H,30,34). The van der Waals surface area contributed by atoms with Crippen LogP contribution in [0.15, 0.2) is 85.3 Å². The first kappa shape index (κ1) is 19.9. The lowest BCUT2D eigenvalue weighted by atomic mass is 10.0. The average molecular weight is 445 g/mol. The molecule has 0 spiro atoms. The van der Waals surface area contributed by atoms with Crippen molar-refractivity contribution in [3.8, 4) is 0 Å². The highest BCUT2D eigenvalue weighted by Crippen LogP contribution is 2.30. The summed E-state index contributed by atoms with van der Waals surface area (Å²) in [5.41, 5.74) is 4.13. The van der Waals surface area contributed by atoms with E-state index in [2.05, 4.69) is 25.3 Å². The van der Waals surface area contributed by atoms with Crippen molar-refractivity contribution in [1.82, 2.24) is 25.3 Å². The summed E-state index contributed by atoms with van der Waals surface area (Å²) in [5.74, 6) is -0.611. The summed E-state index contributed by atoms with van der Waals surface area (Å²) in [5, 5.41) is 5.40. The number of aromatic nitrogens is 4. The Hall–Kier alpha value is -4.78. The molecule has 0 aliphatic rings. The molecular weight excluding hydrogens is 426 g/mol. The number of benzene rings is 2. The van der Waals surface area contributed by atoms with E-state index in [4.69, 9.17) is 0 Å². The Kier molecular flexibility index (Phi) is 4.66. The average Bonchev–Trinajstić information content (AvgIpc) is 3.48. The predicted molar refractivity (Wildman–Crippen MR) is 131 cm³/mol. The molecule has 34 heavy (non-hydrogen) atoms. The molecule has 0 fully saturated rings. The van der Waals surface area contributed by atoms with Crippen LogP contribution in [0.1, 0.15) is 32.1 Å². The number of amides is 1. The van der Waals surface area contributed by atoms with Gasteiger partial charge in [-0.2, -0.15) is 0 Å². The van der Waals surface area contributed by atoms with Crippen LogP contribution in [0, 0.1) is 0 Å². The Morgan fingerprint density at radius 2 is 1.68 bits per heavy atom. The molecule has 6 aromatic rings. The van der Waals surface area contributed by atoms with Crippen molar-refractivity contribution < 1.29 is 9.59 Å². The minimum absolute atomic E-state index is 0.185. The van der Waals surface area contributed by atoms with Crippen LogP contribution < -0.4 is 5.32 Å². The number of pyridine rings is 2. The van der Waals surface area contributed by atoms with Crippen LogP contribution in [0.5, 0.6) is 0 Å².